The zero-order chi connectivity index (χ0) is 12.5. The summed E-state index contributed by atoms with van der Waals surface area (Å²) in [5.41, 5.74) is 2.30. The highest BCUT2D eigenvalue weighted by atomic mass is 32.1. The monoisotopic (exact) mass is 255 g/mol. The van der Waals surface area contributed by atoms with E-state index in [0.29, 0.717) is 0 Å². The predicted molar refractivity (Wildman–Crippen MR) is 76.8 cm³/mol. The standard InChI is InChI=1S/C15H13NOS/c1-2-11-7-9-12(10-8-11)16-15(17)13-5-3-4-6-14(13)18-16/h3-10H,2H2,1H3. The van der Waals surface area contributed by atoms with Crippen molar-refractivity contribution in [3.63, 3.8) is 0 Å². The maximum atomic E-state index is 12.3. The van der Waals surface area contributed by atoms with Gasteiger partial charge >= 0.3 is 0 Å². The van der Waals surface area contributed by atoms with Crippen molar-refractivity contribution >= 4 is 21.6 Å². The van der Waals surface area contributed by atoms with Gasteiger partial charge in [0, 0.05) is 0 Å². The van der Waals surface area contributed by atoms with Crippen LogP contribution in [0, 0.1) is 0 Å². The lowest BCUT2D eigenvalue weighted by molar-refractivity contribution is 1.11. The van der Waals surface area contributed by atoms with Gasteiger partial charge < -0.3 is 0 Å². The first kappa shape index (κ1) is 11.2. The SMILES string of the molecule is CCc1ccc(-n2sc3ccccc3c2=O)cc1. The second-order valence-electron chi connectivity index (χ2n) is 4.21. The highest BCUT2D eigenvalue weighted by Gasteiger charge is 2.07. The number of hydrogen-bond donors (Lipinski definition) is 0. The smallest absolute Gasteiger partial charge is 0.267 e. The Morgan fingerprint density at radius 2 is 1.78 bits per heavy atom. The van der Waals surface area contributed by atoms with Crippen LogP contribution >= 0.6 is 11.5 Å². The molecule has 0 bridgehead atoms. The summed E-state index contributed by atoms with van der Waals surface area (Å²) in [5.74, 6) is 0. The molecule has 3 heteroatoms. The molecular weight excluding hydrogens is 242 g/mol. The Labute approximate surface area is 109 Å². The van der Waals surface area contributed by atoms with Crippen LogP contribution in [0.2, 0.25) is 0 Å². The molecule has 0 aliphatic carbocycles. The summed E-state index contributed by atoms with van der Waals surface area (Å²) in [6.07, 6.45) is 1.02. The largest absolute Gasteiger partial charge is 0.273 e. The molecule has 0 radical (unpaired) electrons. The Kier molecular flexibility index (Phi) is 2.76. The first-order valence-corrected chi connectivity index (χ1v) is 6.77. The van der Waals surface area contributed by atoms with Crippen molar-refractivity contribution in [3.8, 4) is 5.69 Å². The molecule has 2 aromatic carbocycles. The van der Waals surface area contributed by atoms with Crippen LogP contribution in [-0.4, -0.2) is 3.96 Å². The third-order valence-electron chi connectivity index (χ3n) is 3.07. The van der Waals surface area contributed by atoms with E-state index in [0.717, 1.165) is 22.2 Å². The molecule has 0 spiro atoms. The molecule has 0 saturated carbocycles. The van der Waals surface area contributed by atoms with E-state index in [-0.39, 0.29) is 5.56 Å². The van der Waals surface area contributed by atoms with Gasteiger partial charge in [-0.05, 0) is 36.2 Å². The van der Waals surface area contributed by atoms with E-state index in [1.807, 2.05) is 36.4 Å². The summed E-state index contributed by atoms with van der Waals surface area (Å²) in [6, 6.07) is 15.9. The van der Waals surface area contributed by atoms with Gasteiger partial charge in [0.05, 0.1) is 15.8 Å². The van der Waals surface area contributed by atoms with Crippen molar-refractivity contribution in [3.05, 3.63) is 64.4 Å². The minimum Gasteiger partial charge on any atom is -0.267 e. The Balaban J connectivity index is 2.18. The molecule has 0 unspecified atom stereocenters. The fraction of sp³-hybridized carbons (Fsp3) is 0.133. The number of fused-ring (bicyclic) bond motifs is 1. The highest BCUT2D eigenvalue weighted by molar-refractivity contribution is 7.14. The molecule has 0 aliphatic heterocycles. The van der Waals surface area contributed by atoms with Gasteiger partial charge in [0.15, 0.2) is 0 Å². The second kappa shape index (κ2) is 4.42. The second-order valence-corrected chi connectivity index (χ2v) is 5.19. The number of nitrogens with zero attached hydrogens (tertiary/aromatic N) is 1. The topological polar surface area (TPSA) is 22.0 Å². The van der Waals surface area contributed by atoms with Crippen molar-refractivity contribution in [2.24, 2.45) is 0 Å². The van der Waals surface area contributed by atoms with Gasteiger partial charge in [0.1, 0.15) is 0 Å². The van der Waals surface area contributed by atoms with E-state index >= 15 is 0 Å². The molecule has 1 heterocycles. The third-order valence-corrected chi connectivity index (χ3v) is 4.18. The van der Waals surface area contributed by atoms with Crippen LogP contribution in [0.3, 0.4) is 0 Å². The lowest BCUT2D eigenvalue weighted by Gasteiger charge is -2.01. The van der Waals surface area contributed by atoms with Gasteiger partial charge in [-0.25, -0.2) is 3.96 Å². The molecular formula is C15H13NOS. The minimum absolute atomic E-state index is 0.0693. The lowest BCUT2D eigenvalue weighted by Crippen LogP contribution is -2.10. The first-order chi connectivity index (χ1) is 8.79. The molecule has 0 aliphatic rings. The Morgan fingerprint density at radius 3 is 2.44 bits per heavy atom. The van der Waals surface area contributed by atoms with Crippen LogP contribution in [0.1, 0.15) is 12.5 Å². The van der Waals surface area contributed by atoms with Crippen LogP contribution in [0.5, 0.6) is 0 Å². The Bertz CT molecular complexity index is 737. The normalized spacial score (nSPS) is 10.9. The Hall–Kier alpha value is -1.87. The lowest BCUT2D eigenvalue weighted by atomic mass is 10.1. The zero-order valence-electron chi connectivity index (χ0n) is 10.1. The average Bonchev–Trinajstić information content (AvgIpc) is 2.77. The summed E-state index contributed by atoms with van der Waals surface area (Å²) in [7, 11) is 0. The van der Waals surface area contributed by atoms with Crippen LogP contribution in [-0.2, 0) is 6.42 Å². The van der Waals surface area contributed by atoms with E-state index < -0.39 is 0 Å². The van der Waals surface area contributed by atoms with Gasteiger partial charge in [-0.15, -0.1) is 0 Å². The zero-order valence-corrected chi connectivity index (χ0v) is 10.9. The number of aromatic nitrogens is 1. The van der Waals surface area contributed by atoms with Crippen LogP contribution in [0.25, 0.3) is 15.8 Å². The quantitative estimate of drug-likeness (QED) is 0.685. The van der Waals surface area contributed by atoms with Crippen molar-refractivity contribution in [1.82, 2.24) is 3.96 Å². The summed E-state index contributed by atoms with van der Waals surface area (Å²) >= 11 is 1.49. The molecule has 3 rings (SSSR count). The maximum Gasteiger partial charge on any atom is 0.273 e. The summed E-state index contributed by atoms with van der Waals surface area (Å²) in [6.45, 7) is 2.13. The molecule has 1 aromatic heterocycles. The molecule has 90 valence electrons. The van der Waals surface area contributed by atoms with E-state index in [1.54, 1.807) is 3.96 Å². The fourth-order valence-corrected chi connectivity index (χ4v) is 3.01. The van der Waals surface area contributed by atoms with Crippen molar-refractivity contribution < 1.29 is 0 Å². The first-order valence-electron chi connectivity index (χ1n) is 6.00. The molecule has 0 atom stereocenters. The summed E-state index contributed by atoms with van der Waals surface area (Å²) in [4.78, 5) is 12.3. The van der Waals surface area contributed by atoms with Gasteiger partial charge in [-0.1, -0.05) is 42.7 Å². The molecule has 0 N–H and O–H groups in total. The van der Waals surface area contributed by atoms with Crippen molar-refractivity contribution in [1.29, 1.82) is 0 Å². The maximum absolute atomic E-state index is 12.3. The predicted octanol–water partition coefficient (Wildman–Crippen LogP) is 3.61. The van der Waals surface area contributed by atoms with E-state index in [4.69, 9.17) is 0 Å². The van der Waals surface area contributed by atoms with Gasteiger partial charge in [0.2, 0.25) is 0 Å². The van der Waals surface area contributed by atoms with Gasteiger partial charge in [-0.2, -0.15) is 0 Å². The van der Waals surface area contributed by atoms with Crippen molar-refractivity contribution in [2.75, 3.05) is 0 Å². The molecule has 18 heavy (non-hydrogen) atoms. The summed E-state index contributed by atoms with van der Waals surface area (Å²) < 4.78 is 2.78. The van der Waals surface area contributed by atoms with Crippen LogP contribution in [0.15, 0.2) is 53.3 Å². The molecule has 2 nitrogen and oxygen atoms in total. The third kappa shape index (κ3) is 1.77. The number of rotatable bonds is 2. The van der Waals surface area contributed by atoms with E-state index in [1.165, 1.54) is 17.1 Å². The number of aryl methyl sites for hydroxylation is 1. The average molecular weight is 255 g/mol. The summed E-state index contributed by atoms with van der Waals surface area (Å²) in [5, 5.41) is 0.794. The van der Waals surface area contributed by atoms with Crippen LogP contribution in [0.4, 0.5) is 0 Å². The van der Waals surface area contributed by atoms with E-state index in [2.05, 4.69) is 19.1 Å². The number of benzene rings is 2. The fourth-order valence-electron chi connectivity index (χ4n) is 2.01. The number of hydrogen-bond acceptors (Lipinski definition) is 2. The molecule has 0 amide bonds. The van der Waals surface area contributed by atoms with Crippen LogP contribution < -0.4 is 5.56 Å². The van der Waals surface area contributed by atoms with E-state index in [9.17, 15) is 4.79 Å². The molecule has 3 aromatic rings. The Morgan fingerprint density at radius 1 is 1.06 bits per heavy atom. The highest BCUT2D eigenvalue weighted by Crippen LogP contribution is 2.20. The molecule has 0 saturated heterocycles. The van der Waals surface area contributed by atoms with Gasteiger partial charge in [-0.3, -0.25) is 4.79 Å². The van der Waals surface area contributed by atoms with Crippen molar-refractivity contribution in [2.45, 2.75) is 13.3 Å². The minimum atomic E-state index is 0.0693. The molecule has 0 fully saturated rings. The van der Waals surface area contributed by atoms with Gasteiger partial charge in [0.25, 0.3) is 5.56 Å².